The highest BCUT2D eigenvalue weighted by atomic mass is 16.5. The van der Waals surface area contributed by atoms with Crippen molar-refractivity contribution in [3.63, 3.8) is 0 Å². The first-order chi connectivity index (χ1) is 9.41. The summed E-state index contributed by atoms with van der Waals surface area (Å²) in [6.07, 6.45) is 0. The summed E-state index contributed by atoms with van der Waals surface area (Å²) < 4.78 is 6.04. The van der Waals surface area contributed by atoms with Crippen molar-refractivity contribution < 1.29 is 9.84 Å². The Labute approximate surface area is 130 Å². The number of aromatic hydroxyl groups is 1. The Hall–Kier alpha value is -1.18. The predicted octanol–water partition coefficient (Wildman–Crippen LogP) is 5.51. The Bertz CT molecular complexity index is 500. The third-order valence-electron chi connectivity index (χ3n) is 3.72. The van der Waals surface area contributed by atoms with Crippen molar-refractivity contribution >= 4 is 0 Å². The summed E-state index contributed by atoms with van der Waals surface area (Å²) in [7, 11) is 0. The summed E-state index contributed by atoms with van der Waals surface area (Å²) in [4.78, 5) is 0. The predicted molar refractivity (Wildman–Crippen MR) is 90.8 cm³/mol. The molecule has 0 fully saturated rings. The first-order valence-corrected chi connectivity index (χ1v) is 7.94. The molecule has 0 atom stereocenters. The van der Waals surface area contributed by atoms with Crippen LogP contribution >= 0.6 is 0 Å². The van der Waals surface area contributed by atoms with E-state index in [1.807, 2.05) is 13.0 Å². The number of hydrogen-bond donors (Lipinski definition) is 1. The van der Waals surface area contributed by atoms with E-state index in [1.165, 1.54) is 0 Å². The van der Waals surface area contributed by atoms with E-state index in [-0.39, 0.29) is 10.8 Å². The number of benzene rings is 1. The number of phenolic OH excluding ortho intramolecular Hbond substituents is 1. The van der Waals surface area contributed by atoms with E-state index >= 15 is 0 Å². The Morgan fingerprint density at radius 3 is 1.90 bits per heavy atom. The Balaban J connectivity index is 3.84. The fourth-order valence-corrected chi connectivity index (χ4v) is 2.87. The van der Waals surface area contributed by atoms with Crippen LogP contribution in [0.4, 0.5) is 0 Å². The topological polar surface area (TPSA) is 29.5 Å². The normalized spacial score (nSPS) is 12.9. The molecule has 2 heteroatoms. The van der Waals surface area contributed by atoms with E-state index in [0.717, 1.165) is 22.4 Å². The van der Waals surface area contributed by atoms with Crippen molar-refractivity contribution in [2.24, 2.45) is 0 Å². The van der Waals surface area contributed by atoms with E-state index in [2.05, 4.69) is 55.4 Å². The zero-order valence-corrected chi connectivity index (χ0v) is 15.2. The van der Waals surface area contributed by atoms with Crippen LogP contribution in [0.5, 0.6) is 11.5 Å². The van der Waals surface area contributed by atoms with Crippen LogP contribution in [0.1, 0.15) is 84.9 Å². The third-order valence-corrected chi connectivity index (χ3v) is 3.72. The average molecular weight is 292 g/mol. The minimum absolute atomic E-state index is 0.0674. The van der Waals surface area contributed by atoms with Gasteiger partial charge in [-0.05, 0) is 29.7 Å². The van der Waals surface area contributed by atoms with Gasteiger partial charge >= 0.3 is 0 Å². The molecule has 120 valence electrons. The molecule has 0 unspecified atom stereocenters. The summed E-state index contributed by atoms with van der Waals surface area (Å²) in [5.41, 5.74) is 3.05. The van der Waals surface area contributed by atoms with Gasteiger partial charge in [0.05, 0.1) is 6.61 Å². The second-order valence-electron chi connectivity index (χ2n) is 8.15. The lowest BCUT2D eigenvalue weighted by molar-refractivity contribution is 0.320. The lowest BCUT2D eigenvalue weighted by Gasteiger charge is -2.32. The lowest BCUT2D eigenvalue weighted by Crippen LogP contribution is -2.21. The van der Waals surface area contributed by atoms with Gasteiger partial charge in [-0.15, -0.1) is 0 Å². The standard InChI is InChI=1S/C19H32O2/c1-10-21-17-13(18(4,5)6)11-14(20)16(19(7,8)9)15(17)12(2)3/h11-12,20H,10H2,1-9H3. The zero-order valence-electron chi connectivity index (χ0n) is 15.2. The molecular formula is C19H32O2. The van der Waals surface area contributed by atoms with Gasteiger partial charge in [0.15, 0.2) is 0 Å². The molecule has 0 saturated heterocycles. The molecule has 0 aliphatic carbocycles. The molecule has 1 N–H and O–H groups in total. The lowest BCUT2D eigenvalue weighted by atomic mass is 9.75. The number of phenols is 1. The maximum absolute atomic E-state index is 10.7. The van der Waals surface area contributed by atoms with Gasteiger partial charge < -0.3 is 9.84 Å². The van der Waals surface area contributed by atoms with Crippen LogP contribution in [0.3, 0.4) is 0 Å². The van der Waals surface area contributed by atoms with E-state index in [0.29, 0.717) is 18.3 Å². The van der Waals surface area contributed by atoms with Crippen LogP contribution in [0, 0.1) is 0 Å². The van der Waals surface area contributed by atoms with Crippen molar-refractivity contribution in [2.45, 2.75) is 79.1 Å². The SMILES string of the molecule is CCOc1c(C(C)(C)C)cc(O)c(C(C)(C)C)c1C(C)C. The maximum atomic E-state index is 10.7. The molecule has 0 spiro atoms. The Kier molecular flexibility index (Phi) is 5.02. The fourth-order valence-electron chi connectivity index (χ4n) is 2.87. The average Bonchev–Trinajstić information content (AvgIpc) is 2.27. The van der Waals surface area contributed by atoms with E-state index < -0.39 is 0 Å². The van der Waals surface area contributed by atoms with E-state index in [4.69, 9.17) is 4.74 Å². The zero-order chi connectivity index (χ0) is 16.6. The van der Waals surface area contributed by atoms with E-state index in [1.54, 1.807) is 0 Å². The largest absolute Gasteiger partial charge is 0.508 e. The van der Waals surface area contributed by atoms with Gasteiger partial charge in [0, 0.05) is 16.7 Å². The van der Waals surface area contributed by atoms with Crippen molar-refractivity contribution in [1.29, 1.82) is 0 Å². The van der Waals surface area contributed by atoms with Gasteiger partial charge in [-0.1, -0.05) is 55.4 Å². The van der Waals surface area contributed by atoms with Crippen molar-refractivity contribution in [3.05, 3.63) is 22.8 Å². The van der Waals surface area contributed by atoms with Crippen molar-refractivity contribution in [2.75, 3.05) is 6.61 Å². The molecule has 1 aromatic carbocycles. The Morgan fingerprint density at radius 2 is 1.57 bits per heavy atom. The molecule has 0 bridgehead atoms. The van der Waals surface area contributed by atoms with Gasteiger partial charge in [0.25, 0.3) is 0 Å². The molecule has 0 saturated carbocycles. The molecule has 2 nitrogen and oxygen atoms in total. The number of ether oxygens (including phenoxy) is 1. The first-order valence-electron chi connectivity index (χ1n) is 7.94. The quantitative estimate of drug-likeness (QED) is 0.796. The monoisotopic (exact) mass is 292 g/mol. The summed E-state index contributed by atoms with van der Waals surface area (Å²) in [5, 5.41) is 10.7. The minimum Gasteiger partial charge on any atom is -0.508 e. The van der Waals surface area contributed by atoms with Crippen LogP contribution in [0.25, 0.3) is 0 Å². The second kappa shape index (κ2) is 5.90. The number of hydrogen-bond acceptors (Lipinski definition) is 2. The van der Waals surface area contributed by atoms with Gasteiger partial charge in [-0.25, -0.2) is 0 Å². The van der Waals surface area contributed by atoms with Gasteiger partial charge in [0.2, 0.25) is 0 Å². The van der Waals surface area contributed by atoms with Gasteiger partial charge in [-0.3, -0.25) is 0 Å². The van der Waals surface area contributed by atoms with Crippen LogP contribution in [-0.2, 0) is 10.8 Å². The van der Waals surface area contributed by atoms with E-state index in [9.17, 15) is 5.11 Å². The molecule has 0 aliphatic heterocycles. The highest BCUT2D eigenvalue weighted by molar-refractivity contribution is 5.58. The fraction of sp³-hybridized carbons (Fsp3) is 0.684. The molecule has 0 amide bonds. The molecule has 1 aromatic rings. The summed E-state index contributed by atoms with van der Waals surface area (Å²) in [6.45, 7) is 19.9. The molecule has 0 aliphatic rings. The van der Waals surface area contributed by atoms with Crippen molar-refractivity contribution in [1.82, 2.24) is 0 Å². The van der Waals surface area contributed by atoms with Crippen LogP contribution < -0.4 is 4.74 Å². The molecule has 0 aromatic heterocycles. The molecule has 1 rings (SSSR count). The Morgan fingerprint density at radius 1 is 1.05 bits per heavy atom. The van der Waals surface area contributed by atoms with Crippen molar-refractivity contribution in [3.8, 4) is 11.5 Å². The van der Waals surface area contributed by atoms with Crippen LogP contribution in [0.2, 0.25) is 0 Å². The second-order valence-corrected chi connectivity index (χ2v) is 8.15. The summed E-state index contributed by atoms with van der Waals surface area (Å²) in [5.74, 6) is 1.65. The smallest absolute Gasteiger partial charge is 0.127 e. The van der Waals surface area contributed by atoms with Gasteiger partial charge in [-0.2, -0.15) is 0 Å². The summed E-state index contributed by atoms with van der Waals surface area (Å²) >= 11 is 0. The summed E-state index contributed by atoms with van der Waals surface area (Å²) in [6, 6.07) is 1.90. The highest BCUT2D eigenvalue weighted by Gasteiger charge is 2.31. The molecule has 0 heterocycles. The van der Waals surface area contributed by atoms with Crippen LogP contribution in [0.15, 0.2) is 6.07 Å². The third kappa shape index (κ3) is 3.72. The maximum Gasteiger partial charge on any atom is 0.127 e. The van der Waals surface area contributed by atoms with Gasteiger partial charge in [0.1, 0.15) is 11.5 Å². The highest BCUT2D eigenvalue weighted by Crippen LogP contribution is 2.47. The molecule has 0 radical (unpaired) electrons. The molecular weight excluding hydrogens is 260 g/mol. The molecule has 21 heavy (non-hydrogen) atoms. The minimum atomic E-state index is -0.119. The number of rotatable bonds is 3. The first kappa shape index (κ1) is 17.9. The van der Waals surface area contributed by atoms with Crippen LogP contribution in [-0.4, -0.2) is 11.7 Å².